The van der Waals surface area contributed by atoms with E-state index >= 15 is 0 Å². The summed E-state index contributed by atoms with van der Waals surface area (Å²) in [4.78, 5) is 12.9. The van der Waals surface area contributed by atoms with E-state index < -0.39 is 0 Å². The zero-order valence-corrected chi connectivity index (χ0v) is 8.01. The zero-order valence-electron chi connectivity index (χ0n) is 7.25. The Morgan fingerprint density at radius 2 is 2.50 bits per heavy atom. The minimum absolute atomic E-state index is 0.0452. The number of carbonyl (C=O) groups excluding carboxylic acids is 1. The molecule has 1 aliphatic rings. The fourth-order valence-electron chi connectivity index (χ4n) is 1.42. The number of halogens is 1. The summed E-state index contributed by atoms with van der Waals surface area (Å²) in [6.45, 7) is 1.59. The first-order chi connectivity index (χ1) is 5.74. The molecule has 1 aliphatic heterocycles. The van der Waals surface area contributed by atoms with Crippen LogP contribution in [0.15, 0.2) is 0 Å². The van der Waals surface area contributed by atoms with Gasteiger partial charge in [0, 0.05) is 6.04 Å². The van der Waals surface area contributed by atoms with E-state index in [1.165, 1.54) is 6.42 Å². The van der Waals surface area contributed by atoms with Crippen molar-refractivity contribution in [2.75, 3.05) is 26.1 Å². The molecule has 0 saturated carbocycles. The van der Waals surface area contributed by atoms with E-state index in [0.717, 1.165) is 13.0 Å². The molecule has 0 aromatic rings. The summed E-state index contributed by atoms with van der Waals surface area (Å²) in [6, 6.07) is 0.400. The summed E-state index contributed by atoms with van der Waals surface area (Å²) in [7, 11) is 2.05. The Bertz CT molecular complexity index is 163. The molecule has 70 valence electrons. The molecule has 1 fully saturated rings. The number of likely N-dealkylation sites (N-methyl/N-ethyl adjacent to an activating group) is 1. The first-order valence-corrected chi connectivity index (χ1v) is 4.69. The number of hydrogen-bond donors (Lipinski definition) is 0. The fourth-order valence-corrected chi connectivity index (χ4v) is 1.49. The number of rotatable bonds is 3. The largest absolute Gasteiger partial charge is 0.463 e. The summed E-state index contributed by atoms with van der Waals surface area (Å²) >= 11 is 5.29. The molecule has 0 aromatic carbocycles. The van der Waals surface area contributed by atoms with Crippen LogP contribution in [0.3, 0.4) is 0 Å². The van der Waals surface area contributed by atoms with Gasteiger partial charge in [0.25, 0.3) is 0 Å². The number of alkyl halides is 1. The Balaban J connectivity index is 2.18. The summed E-state index contributed by atoms with van der Waals surface area (Å²) in [6.07, 6.45) is 2.31. The summed E-state index contributed by atoms with van der Waals surface area (Å²) in [5.74, 6) is -0.367. The lowest BCUT2D eigenvalue weighted by molar-refractivity contribution is -0.141. The van der Waals surface area contributed by atoms with Gasteiger partial charge in [-0.2, -0.15) is 0 Å². The van der Waals surface area contributed by atoms with Crippen LogP contribution in [-0.4, -0.2) is 43.0 Å². The van der Waals surface area contributed by atoms with Crippen molar-refractivity contribution in [2.45, 2.75) is 18.9 Å². The summed E-state index contributed by atoms with van der Waals surface area (Å²) < 4.78 is 4.93. The van der Waals surface area contributed by atoms with Crippen LogP contribution >= 0.6 is 11.6 Å². The minimum Gasteiger partial charge on any atom is -0.463 e. The molecule has 12 heavy (non-hydrogen) atoms. The van der Waals surface area contributed by atoms with E-state index in [1.54, 1.807) is 0 Å². The van der Waals surface area contributed by atoms with Crippen LogP contribution in [0, 0.1) is 0 Å². The van der Waals surface area contributed by atoms with Gasteiger partial charge in [0.05, 0.1) is 0 Å². The Morgan fingerprint density at radius 3 is 3.00 bits per heavy atom. The van der Waals surface area contributed by atoms with Crippen LogP contribution in [0.4, 0.5) is 0 Å². The molecular weight excluding hydrogens is 178 g/mol. The highest BCUT2D eigenvalue weighted by molar-refractivity contribution is 6.26. The monoisotopic (exact) mass is 191 g/mol. The topological polar surface area (TPSA) is 29.5 Å². The summed E-state index contributed by atoms with van der Waals surface area (Å²) in [5, 5.41) is 0. The Morgan fingerprint density at radius 1 is 1.75 bits per heavy atom. The number of nitrogens with zero attached hydrogens (tertiary/aromatic N) is 1. The second kappa shape index (κ2) is 4.67. The molecule has 0 N–H and O–H groups in total. The van der Waals surface area contributed by atoms with Gasteiger partial charge in [-0.05, 0) is 26.4 Å². The molecule has 0 unspecified atom stereocenters. The molecule has 1 saturated heterocycles. The van der Waals surface area contributed by atoms with E-state index in [1.807, 2.05) is 7.05 Å². The van der Waals surface area contributed by atoms with Crippen LogP contribution in [0.25, 0.3) is 0 Å². The van der Waals surface area contributed by atoms with E-state index in [2.05, 4.69) is 4.90 Å². The lowest BCUT2D eigenvalue weighted by atomic mass is 10.2. The third-order valence-corrected chi connectivity index (χ3v) is 2.44. The van der Waals surface area contributed by atoms with Crippen LogP contribution < -0.4 is 0 Å². The van der Waals surface area contributed by atoms with Crippen LogP contribution in [0.2, 0.25) is 0 Å². The average Bonchev–Trinajstić information content (AvgIpc) is 2.47. The van der Waals surface area contributed by atoms with Gasteiger partial charge < -0.3 is 9.64 Å². The predicted molar refractivity (Wildman–Crippen MR) is 47.3 cm³/mol. The van der Waals surface area contributed by atoms with Gasteiger partial charge in [-0.25, -0.2) is 0 Å². The maximum atomic E-state index is 10.7. The van der Waals surface area contributed by atoms with Crippen molar-refractivity contribution in [1.29, 1.82) is 0 Å². The molecule has 4 heteroatoms. The maximum Gasteiger partial charge on any atom is 0.320 e. The van der Waals surface area contributed by atoms with Crippen molar-refractivity contribution in [3.8, 4) is 0 Å². The quantitative estimate of drug-likeness (QED) is 0.490. The van der Waals surface area contributed by atoms with Crippen molar-refractivity contribution >= 4 is 17.6 Å². The van der Waals surface area contributed by atoms with Gasteiger partial charge >= 0.3 is 5.97 Å². The maximum absolute atomic E-state index is 10.7. The van der Waals surface area contributed by atoms with E-state index in [9.17, 15) is 4.79 Å². The standard InChI is InChI=1S/C8H14ClNO2/c1-10-4-2-3-7(10)6-12-8(11)5-9/h7H,2-6H2,1H3/t7-/m0/s1. The van der Waals surface area contributed by atoms with E-state index in [4.69, 9.17) is 16.3 Å². The predicted octanol–water partition coefficient (Wildman–Crippen LogP) is 0.863. The summed E-state index contributed by atoms with van der Waals surface area (Å²) in [5.41, 5.74) is 0. The van der Waals surface area contributed by atoms with Gasteiger partial charge in [0.2, 0.25) is 0 Å². The Labute approximate surface area is 77.6 Å². The third kappa shape index (κ3) is 2.64. The molecular formula is C8H14ClNO2. The van der Waals surface area contributed by atoms with Crippen molar-refractivity contribution in [1.82, 2.24) is 4.90 Å². The molecule has 1 atom stereocenters. The average molecular weight is 192 g/mol. The second-order valence-corrected chi connectivity index (χ2v) is 3.36. The Hall–Kier alpha value is -0.280. The molecule has 0 spiro atoms. The molecule has 1 rings (SSSR count). The van der Waals surface area contributed by atoms with Crippen molar-refractivity contribution < 1.29 is 9.53 Å². The van der Waals surface area contributed by atoms with Crippen LogP contribution in [0.1, 0.15) is 12.8 Å². The number of ether oxygens (including phenoxy) is 1. The van der Waals surface area contributed by atoms with Crippen LogP contribution in [0.5, 0.6) is 0 Å². The highest BCUT2D eigenvalue weighted by Gasteiger charge is 2.21. The van der Waals surface area contributed by atoms with Crippen molar-refractivity contribution in [3.05, 3.63) is 0 Å². The molecule has 0 amide bonds. The fraction of sp³-hybridized carbons (Fsp3) is 0.875. The van der Waals surface area contributed by atoms with Gasteiger partial charge in [0.15, 0.2) is 0 Å². The lowest BCUT2D eigenvalue weighted by Gasteiger charge is -2.18. The number of likely N-dealkylation sites (tertiary alicyclic amines) is 1. The van der Waals surface area contributed by atoms with E-state index in [0.29, 0.717) is 12.6 Å². The van der Waals surface area contributed by atoms with E-state index in [-0.39, 0.29) is 11.8 Å². The third-order valence-electron chi connectivity index (χ3n) is 2.22. The number of carbonyl (C=O) groups is 1. The molecule has 1 heterocycles. The number of hydrogen-bond acceptors (Lipinski definition) is 3. The Kier molecular flexibility index (Phi) is 3.82. The van der Waals surface area contributed by atoms with Crippen LogP contribution in [-0.2, 0) is 9.53 Å². The highest BCUT2D eigenvalue weighted by Crippen LogP contribution is 2.14. The first-order valence-electron chi connectivity index (χ1n) is 4.16. The number of esters is 1. The van der Waals surface area contributed by atoms with Gasteiger partial charge in [-0.1, -0.05) is 0 Å². The van der Waals surface area contributed by atoms with Gasteiger partial charge in [-0.3, -0.25) is 4.79 Å². The molecule has 0 radical (unpaired) electrons. The highest BCUT2D eigenvalue weighted by atomic mass is 35.5. The molecule has 0 bridgehead atoms. The minimum atomic E-state index is -0.322. The SMILES string of the molecule is CN1CCC[C@H]1COC(=O)CCl. The van der Waals surface area contributed by atoms with Crippen molar-refractivity contribution in [2.24, 2.45) is 0 Å². The first kappa shape index (κ1) is 9.81. The molecule has 0 aliphatic carbocycles. The second-order valence-electron chi connectivity index (χ2n) is 3.09. The van der Waals surface area contributed by atoms with Gasteiger partial charge in [-0.15, -0.1) is 11.6 Å². The molecule has 3 nitrogen and oxygen atoms in total. The smallest absolute Gasteiger partial charge is 0.320 e. The lowest BCUT2D eigenvalue weighted by Crippen LogP contribution is -2.30. The van der Waals surface area contributed by atoms with Crippen molar-refractivity contribution in [3.63, 3.8) is 0 Å². The normalized spacial score (nSPS) is 24.3. The zero-order chi connectivity index (χ0) is 8.97. The molecule has 0 aromatic heterocycles. The van der Waals surface area contributed by atoms with Gasteiger partial charge in [0.1, 0.15) is 12.5 Å².